The first-order valence-electron chi connectivity index (χ1n) is 6.36. The number of hydrogen-bond donors (Lipinski definition) is 2. The van der Waals surface area contributed by atoms with Gasteiger partial charge in [-0.2, -0.15) is 4.72 Å². The van der Waals surface area contributed by atoms with Crippen molar-refractivity contribution in [3.8, 4) is 0 Å². The summed E-state index contributed by atoms with van der Waals surface area (Å²) in [6, 6.07) is 5.90. The molecule has 2 rings (SSSR count). The van der Waals surface area contributed by atoms with Crippen LogP contribution in [-0.2, 0) is 14.8 Å². The van der Waals surface area contributed by atoms with Crippen LogP contribution in [0, 0.1) is 6.92 Å². The minimum atomic E-state index is -3.64. The average Bonchev–Trinajstić information content (AvgIpc) is 2.55. The molecule has 0 radical (unpaired) electrons. The summed E-state index contributed by atoms with van der Waals surface area (Å²) in [4.78, 5) is 11.9. The van der Waals surface area contributed by atoms with Crippen LogP contribution in [-0.4, -0.2) is 26.9 Å². The van der Waals surface area contributed by atoms with Crippen molar-refractivity contribution in [3.63, 3.8) is 0 Å². The molecule has 1 atom stereocenters. The third kappa shape index (κ3) is 3.54. The number of nitrogens with one attached hydrogen (secondary N) is 2. The zero-order chi connectivity index (χ0) is 13.9. The molecule has 0 bridgehead atoms. The Labute approximate surface area is 113 Å². The van der Waals surface area contributed by atoms with E-state index in [2.05, 4.69) is 10.0 Å². The van der Waals surface area contributed by atoms with Gasteiger partial charge >= 0.3 is 0 Å². The van der Waals surface area contributed by atoms with Gasteiger partial charge in [-0.15, -0.1) is 0 Å². The van der Waals surface area contributed by atoms with Crippen molar-refractivity contribution in [1.82, 2.24) is 10.0 Å². The second kappa shape index (κ2) is 5.71. The maximum Gasteiger partial charge on any atom is 0.241 e. The molecule has 1 aromatic rings. The van der Waals surface area contributed by atoms with E-state index in [1.54, 1.807) is 24.3 Å². The van der Waals surface area contributed by atoms with Crippen molar-refractivity contribution in [3.05, 3.63) is 29.8 Å². The lowest BCUT2D eigenvalue weighted by molar-refractivity contribution is -0.122. The molecule has 2 N–H and O–H groups in total. The summed E-state index contributed by atoms with van der Waals surface area (Å²) in [5.41, 5.74) is 0.992. The predicted molar refractivity (Wildman–Crippen MR) is 72.1 cm³/mol. The van der Waals surface area contributed by atoms with Gasteiger partial charge in [-0.25, -0.2) is 8.42 Å². The van der Waals surface area contributed by atoms with Gasteiger partial charge in [-0.1, -0.05) is 17.7 Å². The van der Waals surface area contributed by atoms with E-state index < -0.39 is 16.1 Å². The lowest BCUT2D eigenvalue weighted by Gasteiger charge is -2.15. The second-order valence-corrected chi connectivity index (χ2v) is 6.49. The van der Waals surface area contributed by atoms with Crippen molar-refractivity contribution in [2.75, 3.05) is 6.54 Å². The Kier molecular flexibility index (Phi) is 4.21. The van der Waals surface area contributed by atoms with Crippen molar-refractivity contribution in [2.24, 2.45) is 0 Å². The van der Waals surface area contributed by atoms with E-state index in [4.69, 9.17) is 0 Å². The maximum atomic E-state index is 12.2. The summed E-state index contributed by atoms with van der Waals surface area (Å²) in [6.07, 6.45) is 2.26. The van der Waals surface area contributed by atoms with E-state index in [0.717, 1.165) is 18.4 Å². The minimum Gasteiger partial charge on any atom is -0.355 e. The van der Waals surface area contributed by atoms with E-state index >= 15 is 0 Å². The summed E-state index contributed by atoms with van der Waals surface area (Å²) in [6.45, 7) is 2.50. The lowest BCUT2D eigenvalue weighted by Crippen LogP contribution is -2.45. The number of rotatable bonds is 3. The summed E-state index contributed by atoms with van der Waals surface area (Å²) in [5.74, 6) is -0.242. The van der Waals surface area contributed by atoms with Gasteiger partial charge in [0, 0.05) is 6.54 Å². The molecule has 19 heavy (non-hydrogen) atoms. The minimum absolute atomic E-state index is 0.190. The van der Waals surface area contributed by atoms with Gasteiger partial charge < -0.3 is 5.32 Å². The standard InChI is InChI=1S/C13H18N2O3S/c1-10-5-7-11(8-6-10)19(17,18)15-12-4-2-3-9-14-13(12)16/h5-8,12,15H,2-4,9H2,1H3,(H,14,16). The number of benzene rings is 1. The largest absolute Gasteiger partial charge is 0.355 e. The normalized spacial score (nSPS) is 20.7. The molecule has 0 saturated carbocycles. The van der Waals surface area contributed by atoms with Crippen LogP contribution in [0.25, 0.3) is 0 Å². The molecule has 1 aromatic carbocycles. The fraction of sp³-hybridized carbons (Fsp3) is 0.462. The molecule has 1 heterocycles. The van der Waals surface area contributed by atoms with Gasteiger partial charge in [0.15, 0.2) is 0 Å². The Morgan fingerprint density at radius 1 is 1.21 bits per heavy atom. The molecule has 5 nitrogen and oxygen atoms in total. The van der Waals surface area contributed by atoms with Crippen LogP contribution >= 0.6 is 0 Å². The maximum absolute atomic E-state index is 12.2. The highest BCUT2D eigenvalue weighted by Crippen LogP contribution is 2.13. The highest BCUT2D eigenvalue weighted by Gasteiger charge is 2.26. The third-order valence-corrected chi connectivity index (χ3v) is 4.65. The Bertz CT molecular complexity index is 552. The quantitative estimate of drug-likeness (QED) is 0.866. The molecule has 0 aromatic heterocycles. The van der Waals surface area contributed by atoms with Crippen LogP contribution in [0.2, 0.25) is 0 Å². The van der Waals surface area contributed by atoms with E-state index in [9.17, 15) is 13.2 Å². The zero-order valence-electron chi connectivity index (χ0n) is 10.8. The molecule has 6 heteroatoms. The van der Waals surface area contributed by atoms with Gasteiger partial charge in [-0.3, -0.25) is 4.79 Å². The molecule has 0 spiro atoms. The van der Waals surface area contributed by atoms with Crippen LogP contribution in [0.1, 0.15) is 24.8 Å². The van der Waals surface area contributed by atoms with Crippen LogP contribution < -0.4 is 10.0 Å². The summed E-state index contributed by atoms with van der Waals surface area (Å²) >= 11 is 0. The number of aryl methyl sites for hydroxylation is 1. The van der Waals surface area contributed by atoms with Gasteiger partial charge in [0.2, 0.25) is 15.9 Å². The smallest absolute Gasteiger partial charge is 0.241 e. The van der Waals surface area contributed by atoms with Gasteiger partial charge in [0.25, 0.3) is 0 Å². The topological polar surface area (TPSA) is 75.3 Å². The molecule has 1 aliphatic heterocycles. The van der Waals surface area contributed by atoms with E-state index in [1.807, 2.05) is 6.92 Å². The fourth-order valence-corrected chi connectivity index (χ4v) is 3.25. The number of amides is 1. The van der Waals surface area contributed by atoms with Crippen LogP contribution in [0.15, 0.2) is 29.2 Å². The number of hydrogen-bond acceptors (Lipinski definition) is 3. The first-order chi connectivity index (χ1) is 8.99. The molecule has 1 saturated heterocycles. The average molecular weight is 282 g/mol. The Morgan fingerprint density at radius 3 is 2.58 bits per heavy atom. The zero-order valence-corrected chi connectivity index (χ0v) is 11.7. The monoisotopic (exact) mass is 282 g/mol. The number of carbonyl (C=O) groups excluding carboxylic acids is 1. The predicted octanol–water partition coefficient (Wildman–Crippen LogP) is 0.942. The molecule has 104 valence electrons. The molecule has 0 aliphatic carbocycles. The third-order valence-electron chi connectivity index (χ3n) is 3.16. The Hall–Kier alpha value is -1.40. The van der Waals surface area contributed by atoms with E-state index in [0.29, 0.717) is 13.0 Å². The second-order valence-electron chi connectivity index (χ2n) is 4.77. The molecular formula is C13H18N2O3S. The fourth-order valence-electron chi connectivity index (χ4n) is 2.02. The van der Waals surface area contributed by atoms with Crippen LogP contribution in [0.3, 0.4) is 0 Å². The lowest BCUT2D eigenvalue weighted by atomic mass is 10.1. The van der Waals surface area contributed by atoms with Crippen molar-refractivity contribution < 1.29 is 13.2 Å². The molecular weight excluding hydrogens is 264 g/mol. The van der Waals surface area contributed by atoms with Crippen molar-refractivity contribution in [1.29, 1.82) is 0 Å². The van der Waals surface area contributed by atoms with E-state index in [1.165, 1.54) is 0 Å². The van der Waals surface area contributed by atoms with Crippen LogP contribution in [0.5, 0.6) is 0 Å². The Morgan fingerprint density at radius 2 is 1.89 bits per heavy atom. The molecule has 1 aliphatic rings. The van der Waals surface area contributed by atoms with E-state index in [-0.39, 0.29) is 10.8 Å². The van der Waals surface area contributed by atoms with Gasteiger partial charge in [0.05, 0.1) is 4.90 Å². The van der Waals surface area contributed by atoms with Crippen LogP contribution in [0.4, 0.5) is 0 Å². The number of sulfonamides is 1. The summed E-state index contributed by atoms with van der Waals surface area (Å²) in [7, 11) is -3.64. The van der Waals surface area contributed by atoms with Crippen molar-refractivity contribution in [2.45, 2.75) is 37.1 Å². The summed E-state index contributed by atoms with van der Waals surface area (Å²) < 4.78 is 26.8. The first-order valence-corrected chi connectivity index (χ1v) is 7.84. The SMILES string of the molecule is Cc1ccc(S(=O)(=O)NC2CCCCNC2=O)cc1. The molecule has 1 amide bonds. The molecule has 1 fully saturated rings. The summed E-state index contributed by atoms with van der Waals surface area (Å²) in [5, 5.41) is 2.71. The Balaban J connectivity index is 2.16. The van der Waals surface area contributed by atoms with Gasteiger partial charge in [0.1, 0.15) is 6.04 Å². The molecule has 1 unspecified atom stereocenters. The van der Waals surface area contributed by atoms with Gasteiger partial charge in [-0.05, 0) is 38.3 Å². The van der Waals surface area contributed by atoms with Crippen molar-refractivity contribution >= 4 is 15.9 Å². The first kappa shape index (κ1) is 14.0. The number of carbonyl (C=O) groups is 1. The highest BCUT2D eigenvalue weighted by atomic mass is 32.2. The highest BCUT2D eigenvalue weighted by molar-refractivity contribution is 7.89.